The Morgan fingerprint density at radius 3 is 1.00 bits per heavy atom. The molecule has 0 aromatic heterocycles. The van der Waals surface area contributed by atoms with Crippen molar-refractivity contribution in [3.63, 3.8) is 0 Å². The predicted octanol–water partition coefficient (Wildman–Crippen LogP) is -4.18. The number of halogens is 6. The molecule has 0 atom stereocenters. The molecule has 0 aliphatic heterocycles. The Labute approximate surface area is 238 Å². The van der Waals surface area contributed by atoms with Crippen molar-refractivity contribution < 1.29 is 161 Å². The van der Waals surface area contributed by atoms with Crippen molar-refractivity contribution in [1.29, 1.82) is 10.8 Å². The van der Waals surface area contributed by atoms with Crippen molar-refractivity contribution in [1.82, 2.24) is 0 Å². The Kier molecular flexibility index (Phi) is 27.5. The molecule has 0 spiro atoms. The number of alkyl halides is 6. The van der Waals surface area contributed by atoms with E-state index in [9.17, 15) is 45.5 Å². The van der Waals surface area contributed by atoms with Crippen LogP contribution in [0.25, 0.3) is 0 Å². The molecule has 0 aromatic rings. The Morgan fingerprint density at radius 1 is 0.731 bits per heavy atom. The maximum absolute atomic E-state index is 11.5. The number of nitrogens with one attached hydrogen (secondary N) is 2. The van der Waals surface area contributed by atoms with Crippen molar-refractivity contribution in [3.8, 4) is 0 Å². The summed E-state index contributed by atoms with van der Waals surface area (Å²) in [6, 6.07) is 0. The molecule has 0 aliphatic rings. The van der Waals surface area contributed by atoms with Gasteiger partial charge in [0.15, 0.2) is 0 Å². The first-order valence-electron chi connectivity index (χ1n) is 4.43. The van der Waals surface area contributed by atoms with Gasteiger partial charge in [0, 0.05) is 0 Å². The van der Waals surface area contributed by atoms with E-state index in [1.165, 1.54) is 0 Å². The molecular formula is C8H4F6K2N2O6S2. The molecular weight excluding hydrogens is 476 g/mol. The summed E-state index contributed by atoms with van der Waals surface area (Å²) in [4.78, 5) is 40.6. The topological polar surface area (TPSA) is 134 Å². The summed E-state index contributed by atoms with van der Waals surface area (Å²) in [5.41, 5.74) is 0. The summed E-state index contributed by atoms with van der Waals surface area (Å²) in [5.74, 6) is -11.7. The van der Waals surface area contributed by atoms with Gasteiger partial charge in [-0.1, -0.05) is 0 Å². The van der Waals surface area contributed by atoms with Gasteiger partial charge in [0.05, 0.1) is 10.3 Å². The summed E-state index contributed by atoms with van der Waals surface area (Å²) in [7, 11) is 0. The molecule has 0 aromatic carbocycles. The second-order valence-electron chi connectivity index (χ2n) is 2.55. The second-order valence-corrected chi connectivity index (χ2v) is 2.96. The van der Waals surface area contributed by atoms with E-state index in [0.717, 1.165) is 0 Å². The van der Waals surface area contributed by atoms with Crippen LogP contribution < -0.4 is 103 Å². The molecule has 0 heterocycles. The third kappa shape index (κ3) is 22.8. The number of hydrogen-bond acceptors (Lipinski definition) is 10. The summed E-state index contributed by atoms with van der Waals surface area (Å²) in [6.07, 6.45) is -11.3. The molecule has 0 saturated heterocycles. The summed E-state index contributed by atoms with van der Waals surface area (Å²) in [5, 5.41) is 14.7. The zero-order valence-corrected chi connectivity index (χ0v) is 20.4. The van der Waals surface area contributed by atoms with Crippen molar-refractivity contribution in [2.45, 2.75) is 12.4 Å². The molecule has 138 valence electrons. The molecule has 0 radical (unpaired) electrons. The summed E-state index contributed by atoms with van der Waals surface area (Å²) < 4.78 is 74.6. The molecule has 0 amide bonds. The van der Waals surface area contributed by atoms with Crippen LogP contribution in [0.2, 0.25) is 0 Å². The minimum atomic E-state index is -5.65. The molecule has 26 heavy (non-hydrogen) atoms. The van der Waals surface area contributed by atoms with Gasteiger partial charge >= 0.3 is 139 Å². The summed E-state index contributed by atoms with van der Waals surface area (Å²) >= 11 is 7.62. The quantitative estimate of drug-likeness (QED) is 0.0679. The van der Waals surface area contributed by atoms with Crippen LogP contribution in [0.5, 0.6) is 0 Å². The fourth-order valence-electron chi connectivity index (χ4n) is 0.367. The van der Waals surface area contributed by atoms with Gasteiger partial charge in [-0.05, 0) is 24.4 Å². The van der Waals surface area contributed by atoms with E-state index in [2.05, 4.69) is 33.9 Å². The minimum absolute atomic E-state index is 0. The monoisotopic (exact) mass is 480 g/mol. The Balaban J connectivity index is -0.0000000781. The first kappa shape index (κ1) is 37.5. The van der Waals surface area contributed by atoms with E-state index < -0.39 is 36.2 Å². The van der Waals surface area contributed by atoms with Gasteiger partial charge in [-0.15, -0.1) is 0 Å². The number of thiocarbonyl (C=S) groups is 2. The van der Waals surface area contributed by atoms with Crippen LogP contribution in [0.15, 0.2) is 0 Å². The molecule has 0 bridgehead atoms. The third-order valence-electron chi connectivity index (χ3n) is 1.00. The zero-order chi connectivity index (χ0) is 20.1. The minimum Gasteiger partial charge on any atom is -1.00 e. The van der Waals surface area contributed by atoms with Gasteiger partial charge in [-0.2, -0.15) is 26.3 Å². The zero-order valence-electron chi connectivity index (χ0n) is 14.5. The van der Waals surface area contributed by atoms with Crippen LogP contribution in [0.4, 0.5) is 26.3 Å². The van der Waals surface area contributed by atoms with Crippen LogP contribution in [-0.4, -0.2) is 46.6 Å². The number of rotatable bonds is 0. The summed E-state index contributed by atoms with van der Waals surface area (Å²) in [6.45, 7) is 0. The van der Waals surface area contributed by atoms with Crippen LogP contribution in [0, 0.1) is 10.8 Å². The fourth-order valence-corrected chi connectivity index (χ4v) is 0.367. The van der Waals surface area contributed by atoms with Crippen LogP contribution in [0.1, 0.15) is 2.85 Å². The van der Waals surface area contributed by atoms with E-state index in [4.69, 9.17) is 10.8 Å². The Morgan fingerprint density at radius 2 is 0.885 bits per heavy atom. The SMILES string of the molecule is N=C=S.N=C=S.O=C(OC(=O)C(F)(F)F)C(=O)OC(=O)C(F)(F)F.[H-].[H-].[K+].[K+]. The van der Waals surface area contributed by atoms with Gasteiger partial charge in [0.1, 0.15) is 0 Å². The van der Waals surface area contributed by atoms with E-state index >= 15 is 0 Å². The van der Waals surface area contributed by atoms with Crippen molar-refractivity contribution >= 4 is 58.6 Å². The number of hydrogen-bond donors (Lipinski definition) is 2. The third-order valence-corrected chi connectivity index (χ3v) is 1.00. The molecule has 2 N–H and O–H groups in total. The molecule has 0 fully saturated rings. The van der Waals surface area contributed by atoms with Gasteiger partial charge < -0.3 is 12.3 Å². The van der Waals surface area contributed by atoms with Gasteiger partial charge in [0.25, 0.3) is 0 Å². The average molecular weight is 480 g/mol. The molecule has 18 heteroatoms. The number of carbonyl (C=O) groups excluding carboxylic acids is 4. The van der Waals surface area contributed by atoms with E-state index in [-0.39, 0.29) is 106 Å². The van der Waals surface area contributed by atoms with Crippen LogP contribution >= 0.6 is 24.4 Å². The largest absolute Gasteiger partial charge is 1.00 e. The second kappa shape index (κ2) is 19.1. The molecule has 8 nitrogen and oxygen atoms in total. The van der Waals surface area contributed by atoms with E-state index in [1.807, 2.05) is 0 Å². The standard InChI is InChI=1S/C6F6O6.2CHNS.2K.2H/c7-5(8,9)3(15)17-1(13)2(14)18-4(16)6(10,11)12;2*2-1-3;;;;/h;2*2H;;;;/q;;;2*+1;2*-1. The Bertz CT molecular complexity index is 531. The van der Waals surface area contributed by atoms with Crippen LogP contribution in [0.3, 0.4) is 0 Å². The number of esters is 4. The van der Waals surface area contributed by atoms with Crippen LogP contribution in [-0.2, 0) is 28.7 Å². The van der Waals surface area contributed by atoms with E-state index in [1.54, 1.807) is 10.3 Å². The smallest absolute Gasteiger partial charge is 1.00 e. The van der Waals surface area contributed by atoms with Crippen molar-refractivity contribution in [2.75, 3.05) is 0 Å². The molecule has 0 unspecified atom stereocenters. The molecule has 0 rings (SSSR count). The first-order valence-corrected chi connectivity index (χ1v) is 5.24. The van der Waals surface area contributed by atoms with E-state index in [0.29, 0.717) is 0 Å². The molecule has 0 aliphatic carbocycles. The van der Waals surface area contributed by atoms with Crippen molar-refractivity contribution in [3.05, 3.63) is 0 Å². The van der Waals surface area contributed by atoms with Gasteiger partial charge in [-0.3, -0.25) is 0 Å². The first-order chi connectivity index (χ1) is 10.7. The predicted molar refractivity (Wildman–Crippen MR) is 67.2 cm³/mol. The number of carbonyl (C=O) groups is 4. The maximum Gasteiger partial charge on any atom is 1.00 e. The normalized spacial score (nSPS) is 8.69. The molecule has 0 saturated carbocycles. The number of isothiocyanates is 2. The Hall–Kier alpha value is 0.733. The number of ether oxygens (including phenoxy) is 2. The maximum atomic E-state index is 11.5. The van der Waals surface area contributed by atoms with Gasteiger partial charge in [-0.25, -0.2) is 30.0 Å². The van der Waals surface area contributed by atoms with Crippen molar-refractivity contribution in [2.24, 2.45) is 0 Å². The fraction of sp³-hybridized carbons (Fsp3) is 0.250. The average Bonchev–Trinajstić information content (AvgIpc) is 2.37. The van der Waals surface area contributed by atoms with Gasteiger partial charge in [0.2, 0.25) is 0 Å².